The number of ether oxygens (including phenoxy) is 2. The highest BCUT2D eigenvalue weighted by Gasteiger charge is 2.34. The Labute approximate surface area is 197 Å². The second-order valence-electron chi connectivity index (χ2n) is 9.09. The Hall–Kier alpha value is -2.43. The van der Waals surface area contributed by atoms with Crippen LogP contribution in [0.5, 0.6) is 0 Å². The molecular formula is C24H31F3N4O3. The first-order valence-electron chi connectivity index (χ1n) is 11.6. The lowest BCUT2D eigenvalue weighted by molar-refractivity contribution is 0.00897. The molecule has 0 spiro atoms. The Kier molecular flexibility index (Phi) is 7.59. The van der Waals surface area contributed by atoms with Gasteiger partial charge in [-0.1, -0.05) is 24.3 Å². The van der Waals surface area contributed by atoms with E-state index in [0.717, 1.165) is 25.3 Å². The van der Waals surface area contributed by atoms with Crippen LogP contribution >= 0.6 is 0 Å². The molecule has 0 bridgehead atoms. The summed E-state index contributed by atoms with van der Waals surface area (Å²) in [5.41, 5.74) is 0.475. The number of aromatic nitrogens is 2. The van der Waals surface area contributed by atoms with E-state index in [0.29, 0.717) is 39.3 Å². The third kappa shape index (κ3) is 5.45. The Bertz CT molecular complexity index is 944. The van der Waals surface area contributed by atoms with Gasteiger partial charge in [-0.15, -0.1) is 0 Å². The summed E-state index contributed by atoms with van der Waals surface area (Å²) in [4.78, 5) is 10.1. The van der Waals surface area contributed by atoms with Crippen molar-refractivity contribution in [2.75, 3.05) is 56.3 Å². The van der Waals surface area contributed by atoms with Crippen molar-refractivity contribution in [2.24, 2.45) is 5.41 Å². The van der Waals surface area contributed by atoms with E-state index in [1.807, 2.05) is 0 Å². The highest BCUT2D eigenvalue weighted by Crippen LogP contribution is 2.36. The quantitative estimate of drug-likeness (QED) is 0.593. The monoisotopic (exact) mass is 480 g/mol. The van der Waals surface area contributed by atoms with Gasteiger partial charge in [0.1, 0.15) is 6.33 Å². The van der Waals surface area contributed by atoms with Crippen molar-refractivity contribution in [3.05, 3.63) is 47.5 Å². The van der Waals surface area contributed by atoms with Gasteiger partial charge in [0.25, 0.3) is 5.92 Å². The Morgan fingerprint density at radius 1 is 1.15 bits per heavy atom. The van der Waals surface area contributed by atoms with E-state index in [2.05, 4.69) is 15.3 Å². The standard InChI is InChI=1S/C24H31F3N4O3/c1-23(26,27)18-4-2-17(3-5-18)19-14-34-13-9-31(19)22-20(25)21(29-16-30-22)28-15-24(6-10-32)7-11-33-12-8-24/h2-5,16,19,32H,6-15H2,1H3,(H,28,29,30). The first-order valence-corrected chi connectivity index (χ1v) is 11.6. The molecule has 0 amide bonds. The molecule has 2 aromatic rings. The van der Waals surface area contributed by atoms with E-state index in [1.165, 1.54) is 18.5 Å². The lowest BCUT2D eigenvalue weighted by Crippen LogP contribution is -2.41. The van der Waals surface area contributed by atoms with Crippen LogP contribution in [-0.4, -0.2) is 61.2 Å². The Morgan fingerprint density at radius 3 is 2.56 bits per heavy atom. The molecule has 2 aliphatic heterocycles. The lowest BCUT2D eigenvalue weighted by atomic mass is 9.77. The van der Waals surface area contributed by atoms with Gasteiger partial charge in [-0.2, -0.15) is 4.39 Å². The zero-order valence-electron chi connectivity index (χ0n) is 19.3. The van der Waals surface area contributed by atoms with Crippen molar-refractivity contribution in [1.82, 2.24) is 9.97 Å². The topological polar surface area (TPSA) is 79.7 Å². The maximum atomic E-state index is 15.6. The highest BCUT2D eigenvalue weighted by atomic mass is 19.3. The summed E-state index contributed by atoms with van der Waals surface area (Å²) >= 11 is 0. The number of alkyl halides is 2. The second-order valence-corrected chi connectivity index (χ2v) is 9.09. The summed E-state index contributed by atoms with van der Waals surface area (Å²) in [5.74, 6) is -3.27. The van der Waals surface area contributed by atoms with E-state index in [1.54, 1.807) is 17.0 Å². The van der Waals surface area contributed by atoms with Gasteiger partial charge in [0.05, 0.1) is 19.3 Å². The van der Waals surface area contributed by atoms with Gasteiger partial charge < -0.3 is 24.8 Å². The van der Waals surface area contributed by atoms with Gasteiger partial charge in [-0.25, -0.2) is 18.7 Å². The molecule has 3 heterocycles. The fourth-order valence-corrected chi connectivity index (χ4v) is 4.64. The molecule has 10 heteroatoms. The second kappa shape index (κ2) is 10.5. The summed E-state index contributed by atoms with van der Waals surface area (Å²) in [6, 6.07) is 5.66. The molecule has 1 atom stereocenters. The van der Waals surface area contributed by atoms with Crippen LogP contribution in [0.4, 0.5) is 24.8 Å². The molecule has 34 heavy (non-hydrogen) atoms. The van der Waals surface area contributed by atoms with Crippen molar-refractivity contribution >= 4 is 11.6 Å². The highest BCUT2D eigenvalue weighted by molar-refractivity contribution is 5.53. The summed E-state index contributed by atoms with van der Waals surface area (Å²) in [7, 11) is 0. The number of anilines is 2. The molecule has 186 valence electrons. The van der Waals surface area contributed by atoms with Gasteiger partial charge in [0.15, 0.2) is 11.6 Å². The number of hydrogen-bond donors (Lipinski definition) is 2. The maximum Gasteiger partial charge on any atom is 0.270 e. The Balaban J connectivity index is 1.55. The minimum absolute atomic E-state index is 0.0530. The minimum atomic E-state index is -2.93. The van der Waals surface area contributed by atoms with Crippen molar-refractivity contribution < 1.29 is 27.8 Å². The van der Waals surface area contributed by atoms with Crippen LogP contribution < -0.4 is 10.2 Å². The number of halogens is 3. The minimum Gasteiger partial charge on any atom is -0.396 e. The first kappa shape index (κ1) is 24.7. The number of hydrogen-bond acceptors (Lipinski definition) is 7. The third-order valence-corrected chi connectivity index (χ3v) is 6.80. The average molecular weight is 481 g/mol. The summed E-state index contributed by atoms with van der Waals surface area (Å²) in [6.07, 6.45) is 3.47. The van der Waals surface area contributed by atoms with E-state index in [9.17, 15) is 13.9 Å². The van der Waals surface area contributed by atoms with Crippen molar-refractivity contribution in [3.63, 3.8) is 0 Å². The van der Waals surface area contributed by atoms with Crippen LogP contribution in [0.2, 0.25) is 0 Å². The van der Waals surface area contributed by atoms with E-state index < -0.39 is 11.7 Å². The number of nitrogens with one attached hydrogen (secondary N) is 1. The van der Waals surface area contributed by atoms with Crippen LogP contribution in [0.1, 0.15) is 43.4 Å². The number of benzene rings is 1. The van der Waals surface area contributed by atoms with Gasteiger partial charge in [-0.3, -0.25) is 0 Å². The zero-order chi connectivity index (χ0) is 24.2. The molecule has 1 aromatic carbocycles. The normalized spacial score (nSPS) is 20.9. The lowest BCUT2D eigenvalue weighted by Gasteiger charge is -2.38. The largest absolute Gasteiger partial charge is 0.396 e. The SMILES string of the molecule is CC(F)(F)c1ccc(C2COCCN2c2ncnc(NCC3(CCO)CCOCC3)c2F)cc1. The fraction of sp³-hybridized carbons (Fsp3) is 0.583. The molecule has 2 saturated heterocycles. The van der Waals surface area contributed by atoms with Gasteiger partial charge in [-0.05, 0) is 30.2 Å². The number of aliphatic hydroxyl groups excluding tert-OH is 1. The number of rotatable bonds is 8. The van der Waals surface area contributed by atoms with Gasteiger partial charge in [0, 0.05) is 45.4 Å². The molecule has 1 unspecified atom stereocenters. The molecule has 2 aliphatic rings. The van der Waals surface area contributed by atoms with Crippen LogP contribution in [0.3, 0.4) is 0 Å². The molecule has 0 saturated carbocycles. The predicted molar refractivity (Wildman–Crippen MR) is 122 cm³/mol. The zero-order valence-corrected chi connectivity index (χ0v) is 19.3. The predicted octanol–water partition coefficient (Wildman–Crippen LogP) is 3.90. The molecule has 7 nitrogen and oxygen atoms in total. The molecule has 2 N–H and O–H groups in total. The molecule has 0 aliphatic carbocycles. The number of nitrogens with zero attached hydrogens (tertiary/aromatic N) is 3. The van der Waals surface area contributed by atoms with Crippen LogP contribution in [0.25, 0.3) is 0 Å². The number of morpholine rings is 1. The molecular weight excluding hydrogens is 449 g/mol. The summed E-state index contributed by atoms with van der Waals surface area (Å²) in [6.45, 7) is 3.67. The van der Waals surface area contributed by atoms with Crippen molar-refractivity contribution in [2.45, 2.75) is 38.2 Å². The summed E-state index contributed by atoms with van der Waals surface area (Å²) in [5, 5.41) is 12.7. The van der Waals surface area contributed by atoms with Crippen LogP contribution in [-0.2, 0) is 15.4 Å². The first-order chi connectivity index (χ1) is 16.3. The van der Waals surface area contributed by atoms with Crippen LogP contribution in [0, 0.1) is 11.2 Å². The molecule has 2 fully saturated rings. The van der Waals surface area contributed by atoms with Gasteiger partial charge >= 0.3 is 0 Å². The average Bonchev–Trinajstić information content (AvgIpc) is 2.84. The third-order valence-electron chi connectivity index (χ3n) is 6.80. The van der Waals surface area contributed by atoms with Gasteiger partial charge in [0.2, 0.25) is 5.82 Å². The van der Waals surface area contributed by atoms with E-state index in [-0.39, 0.29) is 41.9 Å². The van der Waals surface area contributed by atoms with Crippen LogP contribution in [0.15, 0.2) is 30.6 Å². The van der Waals surface area contributed by atoms with E-state index >= 15 is 4.39 Å². The van der Waals surface area contributed by atoms with Crippen molar-refractivity contribution in [1.29, 1.82) is 0 Å². The molecule has 4 rings (SSSR count). The maximum absolute atomic E-state index is 15.6. The van der Waals surface area contributed by atoms with Crippen molar-refractivity contribution in [3.8, 4) is 0 Å². The molecule has 0 radical (unpaired) electrons. The Morgan fingerprint density at radius 2 is 1.88 bits per heavy atom. The molecule has 1 aromatic heterocycles. The number of aliphatic hydroxyl groups is 1. The fourth-order valence-electron chi connectivity index (χ4n) is 4.64. The van der Waals surface area contributed by atoms with E-state index in [4.69, 9.17) is 9.47 Å². The summed E-state index contributed by atoms with van der Waals surface area (Å²) < 4.78 is 53.9. The smallest absolute Gasteiger partial charge is 0.270 e.